The number of para-hydroxylation sites is 1. The Balaban J connectivity index is 1.77. The van der Waals surface area contributed by atoms with Crippen molar-refractivity contribution >= 4 is 43.6 Å². The quantitative estimate of drug-likeness (QED) is 0.564. The van der Waals surface area contributed by atoms with Crippen molar-refractivity contribution in [1.82, 2.24) is 4.98 Å². The van der Waals surface area contributed by atoms with Crippen LogP contribution in [0.3, 0.4) is 0 Å². The van der Waals surface area contributed by atoms with Crippen LogP contribution in [0.5, 0.6) is 0 Å². The summed E-state index contributed by atoms with van der Waals surface area (Å²) in [5.74, 6) is 0.203. The number of likely N-dealkylation sites (N-methyl/N-ethyl adjacent to an activating group) is 1. The van der Waals surface area contributed by atoms with Crippen LogP contribution in [0.15, 0.2) is 46.9 Å². The third kappa shape index (κ3) is 3.41. The van der Waals surface area contributed by atoms with Gasteiger partial charge in [0.05, 0.1) is 37.4 Å². The Hall–Kier alpha value is -2.70. The molecule has 2 aromatic carbocycles. The highest BCUT2D eigenvalue weighted by Crippen LogP contribution is 2.34. The van der Waals surface area contributed by atoms with Crippen LogP contribution in [0.1, 0.15) is 21.7 Å². The Kier molecular flexibility index (Phi) is 4.91. The molecule has 5 nitrogen and oxygen atoms in total. The zero-order valence-corrected chi connectivity index (χ0v) is 17.4. The van der Waals surface area contributed by atoms with Gasteiger partial charge in [-0.3, -0.25) is 9.69 Å². The van der Waals surface area contributed by atoms with E-state index in [0.29, 0.717) is 12.3 Å². The van der Waals surface area contributed by atoms with Crippen LogP contribution in [-0.4, -0.2) is 38.1 Å². The number of thiazole rings is 1. The number of benzene rings is 2. The van der Waals surface area contributed by atoms with E-state index in [1.54, 1.807) is 16.2 Å². The molecular formula is C22H24N3O2S+. The SMILES string of the molecule is Cc1ccc(C)c2sc(N(CC[NH+](C)C)C(=O)c3cc4ccccc4o3)nc12. The third-order valence-corrected chi connectivity index (χ3v) is 6.09. The first-order valence-corrected chi connectivity index (χ1v) is 10.2. The molecule has 0 spiro atoms. The zero-order chi connectivity index (χ0) is 19.8. The summed E-state index contributed by atoms with van der Waals surface area (Å²) in [6.07, 6.45) is 0. The highest BCUT2D eigenvalue weighted by molar-refractivity contribution is 7.22. The number of carbonyl (C=O) groups excluding carboxylic acids is 1. The molecule has 0 saturated carbocycles. The summed E-state index contributed by atoms with van der Waals surface area (Å²) >= 11 is 1.57. The Bertz CT molecular complexity index is 1090. The van der Waals surface area contributed by atoms with Crippen molar-refractivity contribution in [3.63, 3.8) is 0 Å². The molecule has 0 unspecified atom stereocenters. The fourth-order valence-electron chi connectivity index (χ4n) is 3.20. The number of quaternary nitrogens is 1. The number of hydrogen-bond acceptors (Lipinski definition) is 4. The predicted molar refractivity (Wildman–Crippen MR) is 115 cm³/mol. The number of nitrogens with one attached hydrogen (secondary N) is 1. The summed E-state index contributed by atoms with van der Waals surface area (Å²) in [4.78, 5) is 21.2. The van der Waals surface area contributed by atoms with Gasteiger partial charge in [0.15, 0.2) is 10.9 Å². The van der Waals surface area contributed by atoms with Crippen LogP contribution in [0.25, 0.3) is 21.2 Å². The van der Waals surface area contributed by atoms with E-state index in [9.17, 15) is 4.79 Å². The van der Waals surface area contributed by atoms with E-state index in [1.807, 2.05) is 30.3 Å². The highest BCUT2D eigenvalue weighted by atomic mass is 32.1. The van der Waals surface area contributed by atoms with Gasteiger partial charge in [-0.25, -0.2) is 4.98 Å². The second-order valence-corrected chi connectivity index (χ2v) is 8.41. The Morgan fingerprint density at radius 2 is 1.89 bits per heavy atom. The van der Waals surface area contributed by atoms with E-state index < -0.39 is 0 Å². The molecule has 0 radical (unpaired) electrons. The van der Waals surface area contributed by atoms with Crippen molar-refractivity contribution in [2.75, 3.05) is 32.1 Å². The van der Waals surface area contributed by atoms with Crippen molar-refractivity contribution in [3.05, 3.63) is 59.4 Å². The van der Waals surface area contributed by atoms with Gasteiger partial charge in [-0.05, 0) is 37.1 Å². The minimum absolute atomic E-state index is 0.146. The lowest BCUT2D eigenvalue weighted by molar-refractivity contribution is -0.856. The number of fused-ring (bicyclic) bond motifs is 2. The molecule has 4 aromatic rings. The number of hydrogen-bond donors (Lipinski definition) is 1. The van der Waals surface area contributed by atoms with Crippen LogP contribution in [0, 0.1) is 13.8 Å². The molecule has 0 bridgehead atoms. The van der Waals surface area contributed by atoms with Crippen LogP contribution in [0.2, 0.25) is 0 Å². The highest BCUT2D eigenvalue weighted by Gasteiger charge is 2.25. The van der Waals surface area contributed by atoms with Gasteiger partial charge in [0.25, 0.3) is 5.91 Å². The summed E-state index contributed by atoms with van der Waals surface area (Å²) in [7, 11) is 4.16. The Morgan fingerprint density at radius 1 is 1.14 bits per heavy atom. The van der Waals surface area contributed by atoms with Crippen LogP contribution in [-0.2, 0) is 0 Å². The minimum Gasteiger partial charge on any atom is -0.451 e. The van der Waals surface area contributed by atoms with E-state index in [2.05, 4.69) is 40.1 Å². The standard InChI is InChI=1S/C22H23N3O2S/c1-14-9-10-15(2)20-19(14)23-22(28-20)25(12-11-24(3)4)21(26)18-13-16-7-5-6-8-17(16)27-18/h5-10,13H,11-12H2,1-4H3/p+1. The van der Waals surface area contributed by atoms with Crippen molar-refractivity contribution in [2.45, 2.75) is 13.8 Å². The number of amides is 1. The number of aromatic nitrogens is 1. The summed E-state index contributed by atoms with van der Waals surface area (Å²) in [5, 5.41) is 1.65. The predicted octanol–water partition coefficient (Wildman–Crippen LogP) is 3.45. The molecule has 6 heteroatoms. The maximum Gasteiger partial charge on any atom is 0.296 e. The molecule has 0 atom stereocenters. The Labute approximate surface area is 168 Å². The Morgan fingerprint density at radius 3 is 2.61 bits per heavy atom. The zero-order valence-electron chi connectivity index (χ0n) is 16.6. The molecule has 0 aliphatic rings. The van der Waals surface area contributed by atoms with Crippen molar-refractivity contribution < 1.29 is 14.1 Å². The third-order valence-electron chi connectivity index (χ3n) is 4.88. The van der Waals surface area contributed by atoms with Gasteiger partial charge in [-0.15, -0.1) is 0 Å². The average molecular weight is 395 g/mol. The molecule has 4 rings (SSSR count). The van der Waals surface area contributed by atoms with Gasteiger partial charge < -0.3 is 9.32 Å². The van der Waals surface area contributed by atoms with E-state index in [0.717, 1.165) is 38.4 Å². The molecule has 0 aliphatic carbocycles. The largest absolute Gasteiger partial charge is 0.451 e. The van der Waals surface area contributed by atoms with Crippen LogP contribution in [0.4, 0.5) is 5.13 Å². The number of anilines is 1. The molecule has 0 saturated heterocycles. The summed E-state index contributed by atoms with van der Waals surface area (Å²) < 4.78 is 6.97. The van der Waals surface area contributed by atoms with Gasteiger partial charge in [-0.2, -0.15) is 0 Å². The monoisotopic (exact) mass is 394 g/mol. The first-order chi connectivity index (χ1) is 13.4. The summed E-state index contributed by atoms with van der Waals surface area (Å²) in [5.41, 5.74) is 4.00. The van der Waals surface area contributed by atoms with Gasteiger partial charge in [0, 0.05) is 5.39 Å². The first-order valence-electron chi connectivity index (χ1n) is 9.40. The average Bonchev–Trinajstić information content (AvgIpc) is 3.30. The maximum absolute atomic E-state index is 13.4. The molecule has 2 aromatic heterocycles. The van der Waals surface area contributed by atoms with Gasteiger partial charge in [0.2, 0.25) is 0 Å². The normalized spacial score (nSPS) is 11.6. The first kappa shape index (κ1) is 18.7. The second kappa shape index (κ2) is 7.37. The molecule has 2 heterocycles. The second-order valence-electron chi connectivity index (χ2n) is 7.44. The molecule has 1 amide bonds. The van der Waals surface area contributed by atoms with Crippen LogP contribution < -0.4 is 9.80 Å². The smallest absolute Gasteiger partial charge is 0.296 e. The maximum atomic E-state index is 13.4. The summed E-state index contributed by atoms with van der Waals surface area (Å²) in [6, 6.07) is 13.7. The van der Waals surface area contributed by atoms with Gasteiger partial charge in [0.1, 0.15) is 5.58 Å². The fourth-order valence-corrected chi connectivity index (χ4v) is 4.34. The lowest BCUT2D eigenvalue weighted by Crippen LogP contribution is -3.06. The number of nitrogens with zero attached hydrogens (tertiary/aromatic N) is 2. The fraction of sp³-hybridized carbons (Fsp3) is 0.273. The summed E-state index contributed by atoms with van der Waals surface area (Å²) in [6.45, 7) is 5.54. The van der Waals surface area contributed by atoms with Crippen molar-refractivity contribution in [1.29, 1.82) is 0 Å². The molecule has 28 heavy (non-hydrogen) atoms. The van der Waals surface area contributed by atoms with Crippen molar-refractivity contribution in [3.8, 4) is 0 Å². The van der Waals surface area contributed by atoms with Crippen LogP contribution >= 0.6 is 11.3 Å². The van der Waals surface area contributed by atoms with Crippen molar-refractivity contribution in [2.24, 2.45) is 0 Å². The van der Waals surface area contributed by atoms with E-state index >= 15 is 0 Å². The van der Waals surface area contributed by atoms with E-state index in [4.69, 9.17) is 9.40 Å². The number of rotatable bonds is 5. The number of furan rings is 1. The molecule has 1 N–H and O–H groups in total. The topological polar surface area (TPSA) is 50.8 Å². The molecule has 0 aliphatic heterocycles. The lowest BCUT2D eigenvalue weighted by atomic mass is 10.1. The number of aryl methyl sites for hydroxylation is 2. The molecule has 144 valence electrons. The number of carbonyl (C=O) groups is 1. The van der Waals surface area contributed by atoms with Gasteiger partial charge in [-0.1, -0.05) is 41.7 Å². The lowest BCUT2D eigenvalue weighted by Gasteiger charge is -2.19. The molecular weight excluding hydrogens is 370 g/mol. The minimum atomic E-state index is -0.146. The van der Waals surface area contributed by atoms with E-state index in [1.165, 1.54) is 10.5 Å². The van der Waals surface area contributed by atoms with Gasteiger partial charge >= 0.3 is 0 Å². The van der Waals surface area contributed by atoms with E-state index in [-0.39, 0.29) is 5.91 Å². The molecule has 0 fully saturated rings.